The molecule has 0 bridgehead atoms. The summed E-state index contributed by atoms with van der Waals surface area (Å²) in [7, 11) is 1.63. The number of aliphatic hydroxyl groups is 3. The molecule has 13 N–H and O–H groups in total. The summed E-state index contributed by atoms with van der Waals surface area (Å²) in [6, 6.07) is -2.10. The fourth-order valence-electron chi connectivity index (χ4n) is 4.99. The van der Waals surface area contributed by atoms with E-state index in [0.29, 0.717) is 31.7 Å². The Morgan fingerprint density at radius 1 is 1.11 bits per heavy atom. The second-order valence-electron chi connectivity index (χ2n) is 9.85. The molecule has 11 atom stereocenters. The zero-order chi connectivity index (χ0) is 25.8. The van der Waals surface area contributed by atoms with Gasteiger partial charge < -0.3 is 67.8 Å². The van der Waals surface area contributed by atoms with Gasteiger partial charge in [0, 0.05) is 12.1 Å². The highest BCUT2D eigenvalue weighted by Crippen LogP contribution is 2.31. The highest BCUT2D eigenvalue weighted by molar-refractivity contribution is 5.05. The van der Waals surface area contributed by atoms with Crippen molar-refractivity contribution in [3.63, 3.8) is 0 Å². The third-order valence-corrected chi connectivity index (χ3v) is 6.97. The third kappa shape index (κ3) is 6.69. The molecule has 0 aromatic heterocycles. The van der Waals surface area contributed by atoms with E-state index in [0.717, 1.165) is 6.42 Å². The number of rotatable bonds is 10. The molecule has 1 saturated heterocycles. The molecule has 13 heteroatoms. The summed E-state index contributed by atoms with van der Waals surface area (Å²) in [5.41, 5.74) is 22.7. The Morgan fingerprint density at radius 2 is 1.77 bits per heavy atom. The summed E-state index contributed by atoms with van der Waals surface area (Å²) in [6.45, 7) is 2.94. The average molecular weight is 505 g/mol. The monoisotopic (exact) mass is 504 g/mol. The van der Waals surface area contributed by atoms with Crippen molar-refractivity contribution in [2.45, 2.75) is 93.0 Å². The maximum atomic E-state index is 11.2. The topological polar surface area (TPSA) is 226 Å². The van der Waals surface area contributed by atoms with Crippen LogP contribution >= 0.6 is 0 Å². The lowest BCUT2D eigenvalue weighted by Gasteiger charge is -2.48. The van der Waals surface area contributed by atoms with E-state index in [1.54, 1.807) is 14.0 Å². The molecule has 1 unspecified atom stereocenters. The van der Waals surface area contributed by atoms with Crippen molar-refractivity contribution < 1.29 is 34.3 Å². The minimum atomic E-state index is -1.30. The number of nitrogens with two attached hydrogens (primary N) is 4. The molecule has 204 valence electrons. The summed E-state index contributed by atoms with van der Waals surface area (Å²) >= 11 is 0. The molecule has 2 aliphatic heterocycles. The van der Waals surface area contributed by atoms with Crippen molar-refractivity contribution in [2.75, 3.05) is 33.3 Å². The first-order valence-corrected chi connectivity index (χ1v) is 12.3. The van der Waals surface area contributed by atoms with E-state index in [2.05, 4.69) is 10.6 Å². The van der Waals surface area contributed by atoms with Crippen LogP contribution in [0, 0.1) is 0 Å². The second-order valence-corrected chi connectivity index (χ2v) is 9.85. The number of ether oxygens (including phenoxy) is 4. The van der Waals surface area contributed by atoms with Crippen molar-refractivity contribution in [1.82, 2.24) is 10.6 Å². The van der Waals surface area contributed by atoms with Gasteiger partial charge in [-0.1, -0.05) is 0 Å². The number of nitrogens with one attached hydrogen (secondary N) is 2. The van der Waals surface area contributed by atoms with Crippen LogP contribution in [0.1, 0.15) is 26.2 Å². The van der Waals surface area contributed by atoms with E-state index in [-0.39, 0.29) is 19.2 Å². The normalized spacial score (nSPS) is 44.5. The van der Waals surface area contributed by atoms with Gasteiger partial charge in [0.1, 0.15) is 35.8 Å². The molecule has 3 aliphatic rings. The zero-order valence-corrected chi connectivity index (χ0v) is 20.6. The number of likely N-dealkylation sites (N-methyl/N-ethyl adjacent to an activating group) is 1. The van der Waals surface area contributed by atoms with Gasteiger partial charge in [0.2, 0.25) is 6.29 Å². The molecule has 0 amide bonds. The van der Waals surface area contributed by atoms with Gasteiger partial charge in [0.15, 0.2) is 6.29 Å². The van der Waals surface area contributed by atoms with Crippen LogP contribution in [-0.4, -0.2) is 115 Å². The van der Waals surface area contributed by atoms with Gasteiger partial charge in [0.25, 0.3) is 0 Å². The Labute approximate surface area is 206 Å². The quantitative estimate of drug-likeness (QED) is 0.130. The van der Waals surface area contributed by atoms with Crippen LogP contribution in [0.5, 0.6) is 0 Å². The first-order valence-electron chi connectivity index (χ1n) is 12.3. The van der Waals surface area contributed by atoms with E-state index >= 15 is 0 Å². The highest BCUT2D eigenvalue weighted by Gasteiger charge is 2.50. The van der Waals surface area contributed by atoms with Crippen LogP contribution in [0.4, 0.5) is 0 Å². The van der Waals surface area contributed by atoms with Crippen molar-refractivity contribution in [1.29, 1.82) is 0 Å². The van der Waals surface area contributed by atoms with Crippen LogP contribution in [0.15, 0.2) is 11.8 Å². The lowest BCUT2D eigenvalue weighted by molar-refractivity contribution is -0.303. The Balaban J connectivity index is 1.70. The van der Waals surface area contributed by atoms with Gasteiger partial charge in [-0.2, -0.15) is 0 Å². The predicted molar refractivity (Wildman–Crippen MR) is 128 cm³/mol. The highest BCUT2D eigenvalue weighted by atomic mass is 16.7. The SMILES string of the molecule is CN[C@@H]1[C@@H](O)[C@@H](O[C@H]2[C@H](N)C[C@H](N)C(O[C@H]3OC(CN)=CC[C@H]3NCCCN)[C@@H]2O)OC[C@]1(C)O. The van der Waals surface area contributed by atoms with Crippen molar-refractivity contribution >= 4 is 0 Å². The Kier molecular flexibility index (Phi) is 10.3. The van der Waals surface area contributed by atoms with Crippen molar-refractivity contribution in [3.05, 3.63) is 11.8 Å². The smallest absolute Gasteiger partial charge is 0.215 e. The molecule has 0 aromatic rings. The predicted octanol–water partition coefficient (Wildman–Crippen LogP) is -3.87. The van der Waals surface area contributed by atoms with E-state index in [1.165, 1.54) is 0 Å². The molecule has 2 fully saturated rings. The molecule has 0 radical (unpaired) electrons. The Hall–Kier alpha value is -0.940. The summed E-state index contributed by atoms with van der Waals surface area (Å²) < 4.78 is 23.7. The Morgan fingerprint density at radius 3 is 2.37 bits per heavy atom. The van der Waals surface area contributed by atoms with E-state index in [1.807, 2.05) is 6.08 Å². The minimum Gasteiger partial charge on any atom is -0.467 e. The Bertz CT molecular complexity index is 701. The fraction of sp³-hybridized carbons (Fsp3) is 0.909. The third-order valence-electron chi connectivity index (χ3n) is 6.97. The largest absolute Gasteiger partial charge is 0.467 e. The average Bonchev–Trinajstić information content (AvgIpc) is 2.81. The number of aliphatic hydroxyl groups excluding tert-OH is 2. The fourth-order valence-corrected chi connectivity index (χ4v) is 4.99. The first-order chi connectivity index (χ1) is 16.6. The van der Waals surface area contributed by atoms with E-state index in [9.17, 15) is 15.3 Å². The van der Waals surface area contributed by atoms with Gasteiger partial charge in [-0.25, -0.2) is 0 Å². The molecule has 1 aliphatic carbocycles. The van der Waals surface area contributed by atoms with Gasteiger partial charge in [-0.15, -0.1) is 0 Å². The summed E-state index contributed by atoms with van der Waals surface area (Å²) in [4.78, 5) is 0. The molecule has 2 heterocycles. The number of hydrogen-bond donors (Lipinski definition) is 9. The molecule has 13 nitrogen and oxygen atoms in total. The zero-order valence-electron chi connectivity index (χ0n) is 20.6. The first kappa shape index (κ1) is 28.6. The molecule has 3 rings (SSSR count). The van der Waals surface area contributed by atoms with E-state index < -0.39 is 60.7 Å². The molecule has 1 saturated carbocycles. The van der Waals surface area contributed by atoms with Gasteiger partial charge in [-0.3, -0.25) is 0 Å². The molecular weight excluding hydrogens is 460 g/mol. The van der Waals surface area contributed by atoms with Crippen molar-refractivity contribution in [2.24, 2.45) is 22.9 Å². The van der Waals surface area contributed by atoms with Crippen LogP contribution < -0.4 is 33.6 Å². The number of hydrogen-bond acceptors (Lipinski definition) is 13. The summed E-state index contributed by atoms with van der Waals surface area (Å²) in [6.07, 6.45) is -2.43. The van der Waals surface area contributed by atoms with E-state index in [4.69, 9.17) is 41.9 Å². The second kappa shape index (κ2) is 12.5. The summed E-state index contributed by atoms with van der Waals surface area (Å²) in [5.74, 6) is 0.596. The van der Waals surface area contributed by atoms with Crippen LogP contribution in [0.25, 0.3) is 0 Å². The minimum absolute atomic E-state index is 0.0714. The lowest BCUT2D eigenvalue weighted by Crippen LogP contribution is -2.68. The summed E-state index contributed by atoms with van der Waals surface area (Å²) in [5, 5.41) is 38.7. The van der Waals surface area contributed by atoms with Gasteiger partial charge >= 0.3 is 0 Å². The van der Waals surface area contributed by atoms with Crippen LogP contribution in [0.3, 0.4) is 0 Å². The maximum absolute atomic E-state index is 11.2. The standard InChI is InChI=1S/C22H44N6O7/c1-22(31)10-32-21(16(30)19(22)27-2)35-18-13(26)8-12(25)17(15(18)29)34-20-14(28-7-3-6-23)5-4-11(9-24)33-20/h4,12-21,27-31H,3,5-10,23-26H2,1-2H3/t12-,13+,14+,15-,16+,17?,18-,19+,20+,21+,22-/m0/s1. The van der Waals surface area contributed by atoms with Crippen molar-refractivity contribution in [3.8, 4) is 0 Å². The van der Waals surface area contributed by atoms with Crippen LogP contribution in [-0.2, 0) is 18.9 Å². The molecule has 0 aromatic carbocycles. The molecular formula is C22H44N6O7. The molecule has 0 spiro atoms. The van der Waals surface area contributed by atoms with Gasteiger partial charge in [0.05, 0.1) is 25.2 Å². The van der Waals surface area contributed by atoms with Crippen LogP contribution in [0.2, 0.25) is 0 Å². The van der Waals surface area contributed by atoms with Gasteiger partial charge in [-0.05, 0) is 52.4 Å². The maximum Gasteiger partial charge on any atom is 0.215 e. The molecule has 35 heavy (non-hydrogen) atoms. The lowest BCUT2D eigenvalue weighted by atomic mass is 9.84.